The highest BCUT2D eigenvalue weighted by molar-refractivity contribution is 6.01. The van der Waals surface area contributed by atoms with Crippen molar-refractivity contribution in [2.75, 3.05) is 13.2 Å². The van der Waals surface area contributed by atoms with Crippen LogP contribution in [-0.4, -0.2) is 63.6 Å². The third-order valence-electron chi connectivity index (χ3n) is 4.83. The summed E-state index contributed by atoms with van der Waals surface area (Å²) >= 11 is 0. The fourth-order valence-electron chi connectivity index (χ4n) is 3.46. The number of aliphatic hydroxyl groups is 2. The Kier molecular flexibility index (Phi) is 4.38. The maximum atomic E-state index is 12.3. The molecule has 0 radical (unpaired) electrons. The first kappa shape index (κ1) is 17.6. The van der Waals surface area contributed by atoms with E-state index >= 15 is 0 Å². The van der Waals surface area contributed by atoms with Gasteiger partial charge in [-0.25, -0.2) is 4.79 Å². The number of hydrogen-bond donors (Lipinski definition) is 2. The molecule has 2 N–H and O–H groups in total. The molecule has 10 heteroatoms. The van der Waals surface area contributed by atoms with Crippen molar-refractivity contribution >= 4 is 23.4 Å². The molecule has 3 aliphatic heterocycles. The van der Waals surface area contributed by atoms with E-state index in [4.69, 9.17) is 9.47 Å². The monoisotopic (exact) mass is 375 g/mol. The van der Waals surface area contributed by atoms with Crippen molar-refractivity contribution in [1.29, 1.82) is 0 Å². The van der Waals surface area contributed by atoms with Crippen LogP contribution in [0.25, 0.3) is 5.76 Å². The number of benzene rings is 1. The minimum Gasteiger partial charge on any atom is -0.442 e. The average Bonchev–Trinajstić information content (AvgIpc) is 3.23. The highest BCUT2D eigenvalue weighted by Gasteiger charge is 2.43. The summed E-state index contributed by atoms with van der Waals surface area (Å²) in [7, 11) is 0. The number of urea groups is 1. The summed E-state index contributed by atoms with van der Waals surface area (Å²) in [6.07, 6.45) is -0.438. The lowest BCUT2D eigenvalue weighted by atomic mass is 10.1. The standard InChI is InChI=1S/C17H17N3O7/c21-8-14-12(22)6-15(26-14)19-7-9-5-13(27-16(9)18-17(19)23)10-3-1-2-4-11(10)20(24)25/h1-5,9,12,14-15,21-22H,6-8H2/t9?,12-,14+,15+/m0/s1. The van der Waals surface area contributed by atoms with Crippen LogP contribution in [0.3, 0.4) is 0 Å². The van der Waals surface area contributed by atoms with Crippen LogP contribution >= 0.6 is 0 Å². The van der Waals surface area contributed by atoms with Gasteiger partial charge in [0.05, 0.1) is 29.1 Å². The molecule has 3 aliphatic rings. The van der Waals surface area contributed by atoms with Crippen molar-refractivity contribution in [2.24, 2.45) is 10.9 Å². The van der Waals surface area contributed by atoms with Crippen LogP contribution in [0.5, 0.6) is 0 Å². The Bertz CT molecular complexity index is 853. The van der Waals surface area contributed by atoms with Gasteiger partial charge >= 0.3 is 6.03 Å². The van der Waals surface area contributed by atoms with Crippen molar-refractivity contribution in [3.8, 4) is 0 Å². The van der Waals surface area contributed by atoms with Crippen LogP contribution in [0.15, 0.2) is 35.3 Å². The number of para-hydroxylation sites is 1. The lowest BCUT2D eigenvalue weighted by Crippen LogP contribution is -2.46. The molecule has 1 saturated heterocycles. The number of hydrogen-bond acceptors (Lipinski definition) is 7. The van der Waals surface area contributed by atoms with Crippen LogP contribution in [0, 0.1) is 16.0 Å². The largest absolute Gasteiger partial charge is 0.442 e. The summed E-state index contributed by atoms with van der Waals surface area (Å²) in [6.45, 7) is -0.139. The summed E-state index contributed by atoms with van der Waals surface area (Å²) in [4.78, 5) is 28.4. The highest BCUT2D eigenvalue weighted by atomic mass is 16.6. The van der Waals surface area contributed by atoms with Crippen molar-refractivity contribution in [2.45, 2.75) is 24.9 Å². The summed E-state index contributed by atoms with van der Waals surface area (Å²) in [5.74, 6) is 0.0920. The maximum Gasteiger partial charge on any atom is 0.348 e. The number of carbonyl (C=O) groups is 1. The number of aliphatic hydroxyl groups excluding tert-OH is 2. The molecule has 0 aliphatic carbocycles. The van der Waals surface area contributed by atoms with E-state index in [1.54, 1.807) is 24.3 Å². The van der Waals surface area contributed by atoms with Gasteiger partial charge in [0, 0.05) is 19.0 Å². The lowest BCUT2D eigenvalue weighted by molar-refractivity contribution is -0.385. The van der Waals surface area contributed by atoms with Gasteiger partial charge in [-0.3, -0.25) is 15.0 Å². The maximum absolute atomic E-state index is 12.3. The smallest absolute Gasteiger partial charge is 0.348 e. The van der Waals surface area contributed by atoms with E-state index in [9.17, 15) is 25.1 Å². The molecule has 0 bridgehead atoms. The molecule has 27 heavy (non-hydrogen) atoms. The normalized spacial score (nSPS) is 29.9. The summed E-state index contributed by atoms with van der Waals surface area (Å²) in [5, 5.41) is 30.3. The first-order valence-corrected chi connectivity index (χ1v) is 8.45. The molecule has 3 heterocycles. The molecule has 1 fully saturated rings. The zero-order valence-electron chi connectivity index (χ0n) is 14.1. The molecule has 1 aromatic rings. The van der Waals surface area contributed by atoms with Gasteiger partial charge in [-0.05, 0) is 12.1 Å². The fourth-order valence-corrected chi connectivity index (χ4v) is 3.46. The number of fused-ring (bicyclic) bond motifs is 1. The van der Waals surface area contributed by atoms with Gasteiger partial charge in [0.1, 0.15) is 18.1 Å². The van der Waals surface area contributed by atoms with Crippen LogP contribution in [0.1, 0.15) is 12.0 Å². The molecule has 4 atom stereocenters. The number of aliphatic imine (C=N–C) groups is 1. The summed E-state index contributed by atoms with van der Waals surface area (Å²) in [6, 6.07) is 5.60. The Hall–Kier alpha value is -2.82. The molecule has 0 aromatic heterocycles. The molecule has 0 spiro atoms. The van der Waals surface area contributed by atoms with Gasteiger partial charge in [0.25, 0.3) is 5.69 Å². The van der Waals surface area contributed by atoms with Crippen molar-refractivity contribution in [3.05, 3.63) is 46.0 Å². The van der Waals surface area contributed by atoms with Gasteiger partial charge in [0.15, 0.2) is 0 Å². The molecule has 4 rings (SSSR count). The zero-order chi connectivity index (χ0) is 19.1. The van der Waals surface area contributed by atoms with Gasteiger partial charge in [-0.1, -0.05) is 12.1 Å². The quantitative estimate of drug-likeness (QED) is 0.589. The van der Waals surface area contributed by atoms with Crippen molar-refractivity contribution < 1.29 is 29.4 Å². The van der Waals surface area contributed by atoms with E-state index in [1.165, 1.54) is 11.0 Å². The third kappa shape index (κ3) is 3.07. The Morgan fingerprint density at radius 2 is 2.15 bits per heavy atom. The van der Waals surface area contributed by atoms with Gasteiger partial charge in [-0.15, -0.1) is 0 Å². The van der Waals surface area contributed by atoms with Gasteiger partial charge in [0.2, 0.25) is 5.90 Å². The Morgan fingerprint density at radius 3 is 2.85 bits per heavy atom. The predicted octanol–water partition coefficient (Wildman–Crippen LogP) is 0.884. The Morgan fingerprint density at radius 1 is 1.37 bits per heavy atom. The van der Waals surface area contributed by atoms with Crippen LogP contribution < -0.4 is 0 Å². The van der Waals surface area contributed by atoms with Crippen LogP contribution in [0.4, 0.5) is 10.5 Å². The minimum absolute atomic E-state index is 0.0979. The minimum atomic E-state index is -0.865. The molecule has 1 aromatic carbocycles. The van der Waals surface area contributed by atoms with Crippen LogP contribution in [0.2, 0.25) is 0 Å². The van der Waals surface area contributed by atoms with E-state index in [-0.39, 0.29) is 42.8 Å². The average molecular weight is 375 g/mol. The Balaban J connectivity index is 1.57. The molecule has 0 saturated carbocycles. The molecule has 142 valence electrons. The lowest BCUT2D eigenvalue weighted by Gasteiger charge is -2.31. The second kappa shape index (κ2) is 6.72. The zero-order valence-corrected chi connectivity index (χ0v) is 14.1. The first-order valence-electron chi connectivity index (χ1n) is 8.45. The topological polar surface area (TPSA) is 135 Å². The fraction of sp³-hybridized carbons (Fsp3) is 0.412. The van der Waals surface area contributed by atoms with Crippen LogP contribution in [-0.2, 0) is 9.47 Å². The van der Waals surface area contributed by atoms with E-state index in [0.29, 0.717) is 5.56 Å². The molecular formula is C17H17N3O7. The second-order valence-corrected chi connectivity index (χ2v) is 6.51. The number of carbonyl (C=O) groups excluding carboxylic acids is 1. The van der Waals surface area contributed by atoms with E-state index in [0.717, 1.165) is 0 Å². The van der Waals surface area contributed by atoms with Gasteiger partial charge in [-0.2, -0.15) is 4.99 Å². The number of nitro groups is 1. The van der Waals surface area contributed by atoms with E-state index < -0.39 is 29.4 Å². The number of amides is 2. The van der Waals surface area contributed by atoms with Crippen molar-refractivity contribution in [1.82, 2.24) is 4.90 Å². The SMILES string of the molecule is O=C1N=C2OC(c3ccccc3[N+](=O)[O-])=CC2CN1[C@H]1C[C@H](O)[C@@H](CO)O1. The number of nitrogens with zero attached hydrogens (tertiary/aromatic N) is 3. The van der Waals surface area contributed by atoms with E-state index in [2.05, 4.69) is 4.99 Å². The van der Waals surface area contributed by atoms with Crippen molar-refractivity contribution in [3.63, 3.8) is 0 Å². The van der Waals surface area contributed by atoms with Gasteiger partial charge < -0.3 is 19.7 Å². The molecule has 1 unspecified atom stereocenters. The molecular weight excluding hydrogens is 358 g/mol. The number of rotatable bonds is 4. The Labute approximate surface area is 153 Å². The predicted molar refractivity (Wildman–Crippen MR) is 91.6 cm³/mol. The summed E-state index contributed by atoms with van der Waals surface area (Å²) < 4.78 is 11.1. The summed E-state index contributed by atoms with van der Waals surface area (Å²) in [5.41, 5.74) is 0.214. The highest BCUT2D eigenvalue weighted by Crippen LogP contribution is 2.36. The molecule has 10 nitrogen and oxygen atoms in total. The second-order valence-electron chi connectivity index (χ2n) is 6.51. The third-order valence-corrected chi connectivity index (χ3v) is 4.83. The first-order chi connectivity index (χ1) is 13.0. The number of nitro benzene ring substituents is 1. The van der Waals surface area contributed by atoms with E-state index in [1.807, 2.05) is 0 Å². The number of ether oxygens (including phenoxy) is 2. The molecule has 2 amide bonds.